The summed E-state index contributed by atoms with van der Waals surface area (Å²) >= 11 is 0. The van der Waals surface area contributed by atoms with Gasteiger partial charge in [-0.2, -0.15) is 0 Å². The van der Waals surface area contributed by atoms with E-state index in [1.54, 1.807) is 4.90 Å². The molecule has 0 saturated heterocycles. The van der Waals surface area contributed by atoms with Gasteiger partial charge in [-0.15, -0.1) is 12.4 Å². The molecule has 0 aliphatic rings. The highest BCUT2D eigenvalue weighted by atomic mass is 35.5. The van der Waals surface area contributed by atoms with Crippen molar-refractivity contribution in [1.82, 2.24) is 9.80 Å². The van der Waals surface area contributed by atoms with Crippen LogP contribution in [0.3, 0.4) is 0 Å². The fourth-order valence-corrected chi connectivity index (χ4v) is 3.36. The van der Waals surface area contributed by atoms with Crippen LogP contribution < -0.4 is 0 Å². The van der Waals surface area contributed by atoms with E-state index in [-0.39, 0.29) is 24.4 Å². The Morgan fingerprint density at radius 3 is 1.68 bits per heavy atom. The van der Waals surface area contributed by atoms with Crippen LogP contribution >= 0.6 is 12.4 Å². The molecule has 2 aromatic carbocycles. The summed E-state index contributed by atoms with van der Waals surface area (Å²) in [6, 6.07) is 18.4. The summed E-state index contributed by atoms with van der Waals surface area (Å²) in [7, 11) is 0. The van der Waals surface area contributed by atoms with Crippen molar-refractivity contribution in [3.8, 4) is 0 Å². The number of halogens is 1. The molecular formula is C23H33ClN2O2. The van der Waals surface area contributed by atoms with E-state index >= 15 is 0 Å². The van der Waals surface area contributed by atoms with Crippen molar-refractivity contribution >= 4 is 18.3 Å². The van der Waals surface area contributed by atoms with E-state index < -0.39 is 5.60 Å². The van der Waals surface area contributed by atoms with Gasteiger partial charge in [-0.3, -0.25) is 4.79 Å². The average Bonchev–Trinajstić information content (AvgIpc) is 2.71. The number of nitrogens with zero attached hydrogens (tertiary/aromatic N) is 2. The maximum absolute atomic E-state index is 13.7. The Balaban J connectivity index is 0.00000392. The van der Waals surface area contributed by atoms with Crippen LogP contribution in [0.25, 0.3) is 0 Å². The van der Waals surface area contributed by atoms with Crippen LogP contribution in [0.4, 0.5) is 0 Å². The second kappa shape index (κ2) is 11.2. The van der Waals surface area contributed by atoms with Crippen LogP contribution in [0.2, 0.25) is 0 Å². The Morgan fingerprint density at radius 2 is 1.32 bits per heavy atom. The Labute approximate surface area is 175 Å². The van der Waals surface area contributed by atoms with Gasteiger partial charge in [-0.05, 0) is 38.1 Å². The first-order valence-corrected chi connectivity index (χ1v) is 9.81. The van der Waals surface area contributed by atoms with Gasteiger partial charge in [0.2, 0.25) is 0 Å². The molecule has 0 radical (unpaired) electrons. The molecule has 0 heterocycles. The third kappa shape index (κ3) is 5.34. The highest BCUT2D eigenvalue weighted by molar-refractivity contribution is 5.90. The van der Waals surface area contributed by atoms with Crippen molar-refractivity contribution < 1.29 is 9.90 Å². The van der Waals surface area contributed by atoms with Crippen LogP contribution in [0, 0.1) is 0 Å². The fraction of sp³-hybridized carbons (Fsp3) is 0.435. The lowest BCUT2D eigenvalue weighted by atomic mass is 9.84. The normalized spacial score (nSPS) is 11.4. The van der Waals surface area contributed by atoms with Gasteiger partial charge in [0.25, 0.3) is 5.91 Å². The molecule has 28 heavy (non-hydrogen) atoms. The Morgan fingerprint density at radius 1 is 0.893 bits per heavy atom. The largest absolute Gasteiger partial charge is 0.372 e. The van der Waals surface area contributed by atoms with Gasteiger partial charge in [-0.1, -0.05) is 74.5 Å². The summed E-state index contributed by atoms with van der Waals surface area (Å²) in [4.78, 5) is 17.7. The molecule has 0 saturated carbocycles. The molecule has 154 valence electrons. The molecule has 2 rings (SSSR count). The zero-order valence-electron chi connectivity index (χ0n) is 17.3. The van der Waals surface area contributed by atoms with E-state index in [0.717, 1.165) is 19.6 Å². The first-order chi connectivity index (χ1) is 12.9. The van der Waals surface area contributed by atoms with Crippen LogP contribution in [-0.2, 0) is 10.4 Å². The molecule has 0 atom stereocenters. The van der Waals surface area contributed by atoms with Gasteiger partial charge in [0, 0.05) is 19.1 Å². The molecule has 2 aromatic rings. The summed E-state index contributed by atoms with van der Waals surface area (Å²) in [6.07, 6.45) is 0. The van der Waals surface area contributed by atoms with E-state index in [9.17, 15) is 9.90 Å². The second-order valence-electron chi connectivity index (χ2n) is 7.06. The molecule has 0 aliphatic heterocycles. The van der Waals surface area contributed by atoms with Crippen LogP contribution in [0.5, 0.6) is 0 Å². The second-order valence-corrected chi connectivity index (χ2v) is 7.06. The van der Waals surface area contributed by atoms with Gasteiger partial charge >= 0.3 is 0 Å². The van der Waals surface area contributed by atoms with Crippen molar-refractivity contribution in [3.05, 3.63) is 71.8 Å². The summed E-state index contributed by atoms with van der Waals surface area (Å²) in [6.45, 7) is 11.5. The topological polar surface area (TPSA) is 43.8 Å². The summed E-state index contributed by atoms with van der Waals surface area (Å²) in [5, 5.41) is 11.7. The van der Waals surface area contributed by atoms with E-state index in [1.807, 2.05) is 74.5 Å². The third-order valence-electron chi connectivity index (χ3n) is 5.13. The number of hydrogen-bond acceptors (Lipinski definition) is 3. The lowest BCUT2D eigenvalue weighted by Gasteiger charge is -2.37. The zero-order valence-corrected chi connectivity index (χ0v) is 18.2. The molecule has 0 spiro atoms. The lowest BCUT2D eigenvalue weighted by molar-refractivity contribution is -0.150. The summed E-state index contributed by atoms with van der Waals surface area (Å²) in [5.74, 6) is -0.276. The molecular weight excluding hydrogens is 372 g/mol. The van der Waals surface area contributed by atoms with Crippen molar-refractivity contribution in [3.63, 3.8) is 0 Å². The predicted molar refractivity (Wildman–Crippen MR) is 118 cm³/mol. The monoisotopic (exact) mass is 404 g/mol. The highest BCUT2D eigenvalue weighted by Gasteiger charge is 2.43. The maximum atomic E-state index is 13.7. The number of amides is 1. The van der Waals surface area contributed by atoms with Crippen molar-refractivity contribution in [2.24, 2.45) is 0 Å². The van der Waals surface area contributed by atoms with Gasteiger partial charge < -0.3 is 14.9 Å². The fourth-order valence-electron chi connectivity index (χ4n) is 3.36. The van der Waals surface area contributed by atoms with Crippen molar-refractivity contribution in [2.75, 3.05) is 26.2 Å². The van der Waals surface area contributed by atoms with E-state index in [2.05, 4.69) is 18.7 Å². The molecule has 4 nitrogen and oxygen atoms in total. The van der Waals surface area contributed by atoms with Gasteiger partial charge in [0.1, 0.15) is 0 Å². The number of aliphatic hydroxyl groups is 1. The molecule has 0 fully saturated rings. The minimum Gasteiger partial charge on any atom is -0.372 e. The standard InChI is InChI=1S/C23H32N2O2.ClH/c1-5-24(6-2)17-18-25(19(3)4)22(26)23(27,20-13-9-7-10-14-20)21-15-11-8-12-16-21;/h7-16,19,27H,5-6,17-18H2,1-4H3;1H. The van der Waals surface area contributed by atoms with E-state index in [1.165, 1.54) is 0 Å². The Hall–Kier alpha value is -1.88. The maximum Gasteiger partial charge on any atom is 0.264 e. The number of carbonyl (C=O) groups is 1. The molecule has 1 amide bonds. The first-order valence-electron chi connectivity index (χ1n) is 9.81. The van der Waals surface area contributed by atoms with Gasteiger partial charge in [0.15, 0.2) is 5.60 Å². The molecule has 0 bridgehead atoms. The SMILES string of the molecule is CCN(CC)CCN(C(=O)C(O)(c1ccccc1)c1ccccc1)C(C)C.Cl. The number of rotatable bonds is 9. The van der Waals surface area contributed by atoms with Crippen LogP contribution in [0.15, 0.2) is 60.7 Å². The summed E-state index contributed by atoms with van der Waals surface area (Å²) in [5.41, 5.74) is -0.514. The molecule has 0 aromatic heterocycles. The third-order valence-corrected chi connectivity index (χ3v) is 5.13. The highest BCUT2D eigenvalue weighted by Crippen LogP contribution is 2.32. The van der Waals surface area contributed by atoms with E-state index in [4.69, 9.17) is 0 Å². The zero-order chi connectivity index (χ0) is 19.9. The number of likely N-dealkylation sites (N-methyl/N-ethyl adjacent to an activating group) is 1. The first kappa shape index (κ1) is 24.2. The average molecular weight is 405 g/mol. The van der Waals surface area contributed by atoms with Crippen molar-refractivity contribution in [2.45, 2.75) is 39.3 Å². The number of hydrogen-bond donors (Lipinski definition) is 1. The van der Waals surface area contributed by atoms with E-state index in [0.29, 0.717) is 17.7 Å². The van der Waals surface area contributed by atoms with Gasteiger partial charge in [0.05, 0.1) is 0 Å². The smallest absolute Gasteiger partial charge is 0.264 e. The molecule has 0 aliphatic carbocycles. The van der Waals surface area contributed by atoms with Crippen molar-refractivity contribution in [1.29, 1.82) is 0 Å². The lowest BCUT2D eigenvalue weighted by Crippen LogP contribution is -2.52. The van der Waals surface area contributed by atoms with Crippen LogP contribution in [0.1, 0.15) is 38.8 Å². The number of benzene rings is 2. The number of carbonyl (C=O) groups excluding carboxylic acids is 1. The molecule has 0 unspecified atom stereocenters. The summed E-state index contributed by atoms with van der Waals surface area (Å²) < 4.78 is 0. The van der Waals surface area contributed by atoms with Crippen LogP contribution in [-0.4, -0.2) is 53.0 Å². The molecule has 1 N–H and O–H groups in total. The van der Waals surface area contributed by atoms with Gasteiger partial charge in [-0.25, -0.2) is 0 Å². The predicted octanol–water partition coefficient (Wildman–Crippen LogP) is 3.92. The minimum atomic E-state index is -1.70. The Kier molecular flexibility index (Phi) is 9.66. The minimum absolute atomic E-state index is 0. The quantitative estimate of drug-likeness (QED) is 0.688. The Bertz CT molecular complexity index is 664. The molecule has 5 heteroatoms.